The molecule has 0 aromatic rings. The molecule has 0 amide bonds. The quantitative estimate of drug-likeness (QED) is 0.415. The number of rotatable bonds is 0. The summed E-state index contributed by atoms with van der Waals surface area (Å²) < 4.78 is 0. The summed E-state index contributed by atoms with van der Waals surface area (Å²) in [6, 6.07) is 0. The van der Waals surface area contributed by atoms with Gasteiger partial charge in [-0.2, -0.15) is 0 Å². The molecular formula is C24H45. The molecule has 0 heterocycles. The molecule has 1 rings (SSSR count). The van der Waals surface area contributed by atoms with E-state index in [-0.39, 0.29) is 0 Å². The molecule has 0 bridgehead atoms. The van der Waals surface area contributed by atoms with Crippen molar-refractivity contribution >= 4 is 0 Å². The molecule has 0 aromatic carbocycles. The topological polar surface area (TPSA) is 0 Å². The van der Waals surface area contributed by atoms with Crippen LogP contribution in [0.15, 0.2) is 12.2 Å². The lowest BCUT2D eigenvalue weighted by molar-refractivity contribution is 0.522. The largest absolute Gasteiger partial charge is 0.0882 e. The Morgan fingerprint density at radius 2 is 0.583 bits per heavy atom. The summed E-state index contributed by atoms with van der Waals surface area (Å²) in [5.74, 6) is 0. The molecule has 0 saturated carbocycles. The lowest BCUT2D eigenvalue weighted by atomic mass is 10.0. The zero-order valence-corrected chi connectivity index (χ0v) is 16.6. The molecular weight excluding hydrogens is 288 g/mol. The molecule has 0 saturated heterocycles. The third-order valence-electron chi connectivity index (χ3n) is 5.51. The van der Waals surface area contributed by atoms with Gasteiger partial charge in [-0.25, -0.2) is 0 Å². The van der Waals surface area contributed by atoms with E-state index in [0.29, 0.717) is 0 Å². The molecule has 0 nitrogen and oxygen atoms in total. The molecule has 0 heteroatoms. The van der Waals surface area contributed by atoms with E-state index in [1.54, 1.807) is 0 Å². The Labute approximate surface area is 153 Å². The number of hydrogen-bond donors (Lipinski definition) is 0. The highest BCUT2D eigenvalue weighted by Crippen LogP contribution is 2.15. The average Bonchev–Trinajstić information content (AvgIpc) is 2.59. The number of allylic oxidation sites excluding steroid dienone is 2. The van der Waals surface area contributed by atoms with E-state index < -0.39 is 0 Å². The highest BCUT2D eigenvalue weighted by molar-refractivity contribution is 4.94. The molecule has 1 radical (unpaired) electrons. The van der Waals surface area contributed by atoms with Gasteiger partial charge in [0.25, 0.3) is 0 Å². The van der Waals surface area contributed by atoms with Gasteiger partial charge in [0.1, 0.15) is 0 Å². The summed E-state index contributed by atoms with van der Waals surface area (Å²) in [6.07, 6.45) is 37.5. The van der Waals surface area contributed by atoms with Crippen LogP contribution in [-0.4, -0.2) is 0 Å². The van der Waals surface area contributed by atoms with Gasteiger partial charge in [-0.1, -0.05) is 128 Å². The van der Waals surface area contributed by atoms with E-state index in [1.807, 2.05) is 0 Å². The minimum absolute atomic E-state index is 1.29. The summed E-state index contributed by atoms with van der Waals surface area (Å²) in [4.78, 5) is 0. The Bertz CT molecular complexity index is 227. The first kappa shape index (κ1) is 21.8. The minimum Gasteiger partial charge on any atom is -0.0882 e. The Hall–Kier alpha value is -0.260. The van der Waals surface area contributed by atoms with Gasteiger partial charge in [-0.05, 0) is 25.7 Å². The summed E-state index contributed by atoms with van der Waals surface area (Å²) in [5.41, 5.74) is 0. The van der Waals surface area contributed by atoms with Crippen LogP contribution in [0.1, 0.15) is 135 Å². The highest BCUT2D eigenvalue weighted by Gasteiger charge is 1.96. The van der Waals surface area contributed by atoms with Crippen molar-refractivity contribution in [3.05, 3.63) is 18.6 Å². The maximum Gasteiger partial charge on any atom is -0.0171 e. The van der Waals surface area contributed by atoms with Crippen molar-refractivity contribution in [3.8, 4) is 0 Å². The third-order valence-corrected chi connectivity index (χ3v) is 5.51. The molecule has 0 unspecified atom stereocenters. The highest BCUT2D eigenvalue weighted by atomic mass is 14.0. The van der Waals surface area contributed by atoms with Gasteiger partial charge in [-0.3, -0.25) is 0 Å². The zero-order chi connectivity index (χ0) is 17.0. The standard InChI is InChI=1S/C24H45/c1-2-4-6-8-10-12-14-16-18-20-22-24-23-21-19-17-15-13-11-9-7-5-3-1/h1-3H,4-24H2. The van der Waals surface area contributed by atoms with Crippen molar-refractivity contribution < 1.29 is 0 Å². The van der Waals surface area contributed by atoms with Crippen molar-refractivity contribution in [2.75, 3.05) is 0 Å². The molecule has 1 aliphatic rings. The first-order valence-electron chi connectivity index (χ1n) is 11.5. The fraction of sp³-hybridized carbons (Fsp3) is 0.875. The van der Waals surface area contributed by atoms with Crippen molar-refractivity contribution in [1.82, 2.24) is 0 Å². The smallest absolute Gasteiger partial charge is 0.0171 e. The monoisotopic (exact) mass is 333 g/mol. The van der Waals surface area contributed by atoms with Crippen LogP contribution in [0.25, 0.3) is 0 Å². The van der Waals surface area contributed by atoms with E-state index >= 15 is 0 Å². The second-order valence-corrected chi connectivity index (χ2v) is 7.96. The lowest BCUT2D eigenvalue weighted by Gasteiger charge is -2.04. The molecule has 0 N–H and O–H groups in total. The summed E-state index contributed by atoms with van der Waals surface area (Å²) in [7, 11) is 0. The molecule has 0 fully saturated rings. The summed E-state index contributed by atoms with van der Waals surface area (Å²) in [5, 5.41) is 0. The predicted molar refractivity (Wildman–Crippen MR) is 110 cm³/mol. The van der Waals surface area contributed by atoms with E-state index in [9.17, 15) is 0 Å². The van der Waals surface area contributed by atoms with E-state index in [2.05, 4.69) is 18.6 Å². The zero-order valence-electron chi connectivity index (χ0n) is 16.6. The van der Waals surface area contributed by atoms with Crippen LogP contribution in [0.3, 0.4) is 0 Å². The maximum atomic E-state index is 2.39. The molecule has 0 spiro atoms. The van der Waals surface area contributed by atoms with Crippen molar-refractivity contribution in [1.29, 1.82) is 0 Å². The van der Waals surface area contributed by atoms with Crippen LogP contribution in [0.5, 0.6) is 0 Å². The molecule has 0 aromatic heterocycles. The van der Waals surface area contributed by atoms with Gasteiger partial charge in [0, 0.05) is 0 Å². The normalized spacial score (nSPS) is 23.3. The van der Waals surface area contributed by atoms with Crippen LogP contribution in [-0.2, 0) is 0 Å². The second-order valence-electron chi connectivity index (χ2n) is 7.96. The first-order chi connectivity index (χ1) is 12.0. The Morgan fingerprint density at radius 1 is 0.292 bits per heavy atom. The van der Waals surface area contributed by atoms with Crippen LogP contribution in [0.4, 0.5) is 0 Å². The Morgan fingerprint density at radius 3 is 0.958 bits per heavy atom. The van der Waals surface area contributed by atoms with Crippen molar-refractivity contribution in [2.45, 2.75) is 135 Å². The van der Waals surface area contributed by atoms with Gasteiger partial charge >= 0.3 is 0 Å². The number of hydrogen-bond acceptors (Lipinski definition) is 0. The molecule has 0 aliphatic heterocycles. The first-order valence-corrected chi connectivity index (χ1v) is 11.5. The fourth-order valence-corrected chi connectivity index (χ4v) is 3.82. The van der Waals surface area contributed by atoms with Crippen LogP contribution < -0.4 is 0 Å². The molecule has 24 heavy (non-hydrogen) atoms. The van der Waals surface area contributed by atoms with E-state index in [4.69, 9.17) is 0 Å². The van der Waals surface area contributed by atoms with Crippen molar-refractivity contribution in [3.63, 3.8) is 0 Å². The van der Waals surface area contributed by atoms with Crippen LogP contribution in [0.2, 0.25) is 0 Å². The van der Waals surface area contributed by atoms with Crippen molar-refractivity contribution in [2.24, 2.45) is 0 Å². The molecule has 1 aliphatic carbocycles. The van der Waals surface area contributed by atoms with Crippen LogP contribution in [0, 0.1) is 6.42 Å². The van der Waals surface area contributed by atoms with E-state index in [0.717, 1.165) is 0 Å². The van der Waals surface area contributed by atoms with E-state index in [1.165, 1.54) is 135 Å². The molecule has 141 valence electrons. The Balaban J connectivity index is 2.05. The SMILES string of the molecule is [CH]1C=CCCCCCCCCCCCCCCCCCCCCC1. The third kappa shape index (κ3) is 16.6. The second kappa shape index (κ2) is 19.1. The summed E-state index contributed by atoms with van der Waals surface area (Å²) >= 11 is 0. The van der Waals surface area contributed by atoms with Gasteiger partial charge in [-0.15, -0.1) is 0 Å². The maximum absolute atomic E-state index is 2.39. The Kier molecular flexibility index (Phi) is 17.3. The lowest BCUT2D eigenvalue weighted by Crippen LogP contribution is -1.84. The fourth-order valence-electron chi connectivity index (χ4n) is 3.82. The average molecular weight is 334 g/mol. The summed E-state index contributed by atoms with van der Waals surface area (Å²) in [6.45, 7) is 0. The van der Waals surface area contributed by atoms with Gasteiger partial charge in [0.15, 0.2) is 0 Å². The van der Waals surface area contributed by atoms with Gasteiger partial charge in [0.2, 0.25) is 0 Å². The predicted octanol–water partition coefficient (Wildman–Crippen LogP) is 8.95. The molecule has 0 atom stereocenters. The van der Waals surface area contributed by atoms with Crippen LogP contribution >= 0.6 is 0 Å². The van der Waals surface area contributed by atoms with Gasteiger partial charge < -0.3 is 0 Å². The minimum atomic E-state index is 1.29. The van der Waals surface area contributed by atoms with Gasteiger partial charge in [0.05, 0.1) is 0 Å².